The highest BCUT2D eigenvalue weighted by Gasteiger charge is 2.42. The molecule has 0 aromatic heterocycles. The van der Waals surface area contributed by atoms with Gasteiger partial charge >= 0.3 is 0 Å². The van der Waals surface area contributed by atoms with Crippen molar-refractivity contribution in [2.75, 3.05) is 0 Å². The fraction of sp³-hybridized carbons (Fsp3) is 0.350. The first-order valence-corrected chi connectivity index (χ1v) is 8.87. The molecule has 0 bridgehead atoms. The van der Waals surface area contributed by atoms with Crippen molar-refractivity contribution < 1.29 is 4.79 Å². The molecule has 0 saturated heterocycles. The van der Waals surface area contributed by atoms with Gasteiger partial charge in [0, 0.05) is 15.5 Å². The summed E-state index contributed by atoms with van der Waals surface area (Å²) in [7, 11) is 0. The molecule has 2 heteroatoms. The van der Waals surface area contributed by atoms with Crippen molar-refractivity contribution in [1.29, 1.82) is 0 Å². The minimum atomic E-state index is -0.146. The van der Waals surface area contributed by atoms with E-state index < -0.39 is 0 Å². The first-order chi connectivity index (χ1) is 10.7. The van der Waals surface area contributed by atoms with Crippen molar-refractivity contribution in [2.45, 2.75) is 38.5 Å². The number of Topliss-reactive ketones (excluding diaryl/α,β-unsaturated/α-hetero) is 1. The van der Waals surface area contributed by atoms with Crippen LogP contribution in [0.2, 0.25) is 0 Å². The zero-order valence-electron chi connectivity index (χ0n) is 12.6. The molecule has 0 radical (unpaired) electrons. The van der Waals surface area contributed by atoms with Crippen LogP contribution < -0.4 is 0 Å². The molecule has 2 aromatic rings. The van der Waals surface area contributed by atoms with Gasteiger partial charge in [0.05, 0.1) is 0 Å². The smallest absolute Gasteiger partial charge is 0.169 e. The Labute approximate surface area is 139 Å². The number of fused-ring (bicyclic) bond motifs is 2. The van der Waals surface area contributed by atoms with Crippen molar-refractivity contribution in [3.63, 3.8) is 0 Å². The second-order valence-corrected chi connectivity index (χ2v) is 7.60. The zero-order valence-corrected chi connectivity index (χ0v) is 14.2. The molecule has 0 saturated carbocycles. The second-order valence-electron chi connectivity index (χ2n) is 6.68. The van der Waals surface area contributed by atoms with E-state index in [4.69, 9.17) is 0 Å². The van der Waals surface area contributed by atoms with Gasteiger partial charge in [-0.2, -0.15) is 0 Å². The van der Waals surface area contributed by atoms with E-state index in [1.807, 2.05) is 12.1 Å². The summed E-state index contributed by atoms with van der Waals surface area (Å²) in [6, 6.07) is 14.9. The van der Waals surface area contributed by atoms with E-state index in [1.165, 1.54) is 16.7 Å². The maximum Gasteiger partial charge on any atom is 0.169 e. The molecule has 4 rings (SSSR count). The molecule has 2 aliphatic carbocycles. The summed E-state index contributed by atoms with van der Waals surface area (Å²) in [4.78, 5) is 13.2. The van der Waals surface area contributed by atoms with Gasteiger partial charge in [0.15, 0.2) is 5.78 Å². The molecule has 22 heavy (non-hydrogen) atoms. The lowest BCUT2D eigenvalue weighted by atomic mass is 9.66. The number of rotatable bonds is 0. The number of hydrogen-bond donors (Lipinski definition) is 0. The molecule has 0 fully saturated rings. The van der Waals surface area contributed by atoms with Crippen LogP contribution in [0.1, 0.15) is 46.3 Å². The van der Waals surface area contributed by atoms with Gasteiger partial charge in [-0.05, 0) is 67.3 Å². The summed E-state index contributed by atoms with van der Waals surface area (Å²) in [5.74, 6) is 0.378. The Hall–Kier alpha value is -1.41. The molecule has 0 unspecified atom stereocenters. The van der Waals surface area contributed by atoms with Crippen LogP contribution in [0.4, 0.5) is 0 Å². The van der Waals surface area contributed by atoms with E-state index in [0.29, 0.717) is 5.78 Å². The Morgan fingerprint density at radius 2 is 1.41 bits per heavy atom. The Kier molecular flexibility index (Phi) is 3.45. The van der Waals surface area contributed by atoms with Crippen LogP contribution in [-0.2, 0) is 19.3 Å². The summed E-state index contributed by atoms with van der Waals surface area (Å²) in [6.07, 6.45) is 6.10. The number of aryl methyl sites for hydroxylation is 3. The van der Waals surface area contributed by atoms with Crippen LogP contribution in [-0.4, -0.2) is 5.78 Å². The third-order valence-electron chi connectivity index (χ3n) is 5.54. The Morgan fingerprint density at radius 1 is 0.818 bits per heavy atom. The Morgan fingerprint density at radius 3 is 2.05 bits per heavy atom. The lowest BCUT2D eigenvalue weighted by molar-refractivity contribution is 0.0724. The predicted octanol–water partition coefficient (Wildman–Crippen LogP) is 5.14. The summed E-state index contributed by atoms with van der Waals surface area (Å²) in [5, 5.41) is 0. The molecule has 0 atom stereocenters. The van der Waals surface area contributed by atoms with E-state index in [2.05, 4.69) is 46.3 Å². The number of hydrogen-bond acceptors (Lipinski definition) is 1. The molecule has 0 heterocycles. The standard InChI is InChI=1S/C20H19BrO/c21-17-6-5-16-9-12-20(19(22)18(16)13-17)10-7-14-3-1-2-4-15(14)8-11-20/h1-6,13H,7-12H2. The normalized spacial score (nSPS) is 19.4. The SMILES string of the molecule is O=C1c2cc(Br)ccc2CCC12CCc1ccccc1CC2. The van der Waals surface area contributed by atoms with Gasteiger partial charge in [-0.3, -0.25) is 4.79 Å². The van der Waals surface area contributed by atoms with Gasteiger partial charge in [0.2, 0.25) is 0 Å². The largest absolute Gasteiger partial charge is 0.294 e. The lowest BCUT2D eigenvalue weighted by Gasteiger charge is -2.36. The summed E-state index contributed by atoms with van der Waals surface area (Å²) >= 11 is 3.52. The average molecular weight is 355 g/mol. The fourth-order valence-corrected chi connectivity index (χ4v) is 4.51. The van der Waals surface area contributed by atoms with E-state index >= 15 is 0 Å². The van der Waals surface area contributed by atoms with Gasteiger partial charge in [-0.25, -0.2) is 0 Å². The van der Waals surface area contributed by atoms with Crippen molar-refractivity contribution in [1.82, 2.24) is 0 Å². The first kappa shape index (κ1) is 14.2. The van der Waals surface area contributed by atoms with Gasteiger partial charge in [-0.1, -0.05) is 46.3 Å². The summed E-state index contributed by atoms with van der Waals surface area (Å²) in [5.41, 5.74) is 4.90. The Bertz CT molecular complexity index is 720. The highest BCUT2D eigenvalue weighted by atomic mass is 79.9. The molecule has 1 spiro atoms. The van der Waals surface area contributed by atoms with Gasteiger partial charge in [-0.15, -0.1) is 0 Å². The fourth-order valence-electron chi connectivity index (χ4n) is 4.15. The van der Waals surface area contributed by atoms with Gasteiger partial charge < -0.3 is 0 Å². The number of carbonyl (C=O) groups excluding carboxylic acids is 1. The second kappa shape index (κ2) is 5.34. The zero-order chi connectivity index (χ0) is 15.2. The molecule has 1 nitrogen and oxygen atoms in total. The minimum absolute atomic E-state index is 0.146. The lowest BCUT2D eigenvalue weighted by Crippen LogP contribution is -2.36. The highest BCUT2D eigenvalue weighted by molar-refractivity contribution is 9.10. The topological polar surface area (TPSA) is 17.1 Å². The van der Waals surface area contributed by atoms with Crippen LogP contribution in [0.5, 0.6) is 0 Å². The van der Waals surface area contributed by atoms with Crippen molar-refractivity contribution in [2.24, 2.45) is 5.41 Å². The molecular formula is C20H19BrO. The van der Waals surface area contributed by atoms with E-state index in [1.54, 1.807) is 0 Å². The molecular weight excluding hydrogens is 336 g/mol. The first-order valence-electron chi connectivity index (χ1n) is 8.08. The minimum Gasteiger partial charge on any atom is -0.294 e. The average Bonchev–Trinajstić information content (AvgIpc) is 2.73. The van der Waals surface area contributed by atoms with Crippen molar-refractivity contribution in [3.05, 3.63) is 69.2 Å². The highest BCUT2D eigenvalue weighted by Crippen LogP contribution is 2.45. The summed E-state index contributed by atoms with van der Waals surface area (Å²) in [6.45, 7) is 0. The van der Waals surface area contributed by atoms with Crippen LogP contribution in [0.15, 0.2) is 46.9 Å². The van der Waals surface area contributed by atoms with Crippen LogP contribution >= 0.6 is 15.9 Å². The predicted molar refractivity (Wildman–Crippen MR) is 92.3 cm³/mol. The van der Waals surface area contributed by atoms with Gasteiger partial charge in [0.1, 0.15) is 0 Å². The number of halogens is 1. The Balaban J connectivity index is 1.70. The molecule has 2 aliphatic rings. The van der Waals surface area contributed by atoms with Gasteiger partial charge in [0.25, 0.3) is 0 Å². The maximum absolute atomic E-state index is 13.2. The van der Waals surface area contributed by atoms with Crippen molar-refractivity contribution in [3.8, 4) is 0 Å². The third-order valence-corrected chi connectivity index (χ3v) is 6.03. The van der Waals surface area contributed by atoms with E-state index in [9.17, 15) is 4.79 Å². The third kappa shape index (κ3) is 2.25. The van der Waals surface area contributed by atoms with Crippen LogP contribution in [0.3, 0.4) is 0 Å². The van der Waals surface area contributed by atoms with E-state index in [0.717, 1.165) is 48.6 Å². The van der Waals surface area contributed by atoms with Crippen LogP contribution in [0, 0.1) is 5.41 Å². The molecule has 0 amide bonds. The number of ketones is 1. The maximum atomic E-state index is 13.2. The molecule has 112 valence electrons. The molecule has 2 aromatic carbocycles. The van der Waals surface area contributed by atoms with Crippen LogP contribution in [0.25, 0.3) is 0 Å². The van der Waals surface area contributed by atoms with Crippen molar-refractivity contribution >= 4 is 21.7 Å². The monoisotopic (exact) mass is 354 g/mol. The number of benzene rings is 2. The summed E-state index contributed by atoms with van der Waals surface area (Å²) < 4.78 is 1.01. The molecule has 0 N–H and O–H groups in total. The number of carbonyl (C=O) groups is 1. The molecule has 0 aliphatic heterocycles. The quantitative estimate of drug-likeness (QED) is 0.639. The van der Waals surface area contributed by atoms with E-state index in [-0.39, 0.29) is 5.41 Å².